The van der Waals surface area contributed by atoms with Crippen LogP contribution in [0.5, 0.6) is 0 Å². The van der Waals surface area contributed by atoms with Crippen LogP contribution >= 0.6 is 0 Å². The molecule has 1 unspecified atom stereocenters. The molecule has 0 aliphatic carbocycles. The van der Waals surface area contributed by atoms with Crippen LogP contribution in [0.3, 0.4) is 0 Å². The van der Waals surface area contributed by atoms with E-state index in [2.05, 4.69) is 22.2 Å². The lowest BCUT2D eigenvalue weighted by Crippen LogP contribution is -2.53. The molecule has 0 spiro atoms. The van der Waals surface area contributed by atoms with Gasteiger partial charge in [0, 0.05) is 37.8 Å². The maximum atomic E-state index is 12.7. The number of nitrogens with zero attached hydrogens (tertiary/aromatic N) is 1. The fraction of sp³-hybridized carbons (Fsp3) is 0.571. The third kappa shape index (κ3) is 2.76. The summed E-state index contributed by atoms with van der Waals surface area (Å²) >= 11 is 0. The summed E-state index contributed by atoms with van der Waals surface area (Å²) in [6.07, 6.45) is -6.00. The molecule has 2 saturated heterocycles. The highest BCUT2D eigenvalue weighted by molar-refractivity contribution is 5.50. The molecule has 2 fully saturated rings. The highest BCUT2D eigenvalue weighted by atomic mass is 19.3. The molecule has 1 aromatic rings. The SMILES string of the molecule is FC(F)C(F)OC1CN(c2ccc(C3CNC3)cc2)C1. The van der Waals surface area contributed by atoms with E-state index in [-0.39, 0.29) is 0 Å². The normalized spacial score (nSPS) is 21.7. The van der Waals surface area contributed by atoms with Crippen LogP contribution in [0.25, 0.3) is 0 Å². The van der Waals surface area contributed by atoms with Gasteiger partial charge in [-0.1, -0.05) is 12.1 Å². The smallest absolute Gasteiger partial charge is 0.293 e. The number of rotatable bonds is 5. The van der Waals surface area contributed by atoms with Crippen molar-refractivity contribution in [2.24, 2.45) is 0 Å². The topological polar surface area (TPSA) is 24.5 Å². The maximum absolute atomic E-state index is 12.7. The van der Waals surface area contributed by atoms with Crippen LogP contribution in [0.1, 0.15) is 11.5 Å². The first-order valence-electron chi connectivity index (χ1n) is 6.77. The molecule has 1 N–H and O–H groups in total. The van der Waals surface area contributed by atoms with E-state index < -0.39 is 18.9 Å². The molecule has 2 aliphatic heterocycles. The Kier molecular flexibility index (Phi) is 3.85. The Bertz CT molecular complexity index is 444. The molecule has 110 valence electrons. The minimum absolute atomic E-state index is 0.450. The average Bonchev–Trinajstić information content (AvgIpc) is 2.32. The summed E-state index contributed by atoms with van der Waals surface area (Å²) in [6.45, 7) is 2.95. The van der Waals surface area contributed by atoms with Crippen molar-refractivity contribution in [3.05, 3.63) is 29.8 Å². The van der Waals surface area contributed by atoms with Crippen LogP contribution in [-0.2, 0) is 4.74 Å². The van der Waals surface area contributed by atoms with Crippen LogP contribution in [0, 0.1) is 0 Å². The van der Waals surface area contributed by atoms with Crippen LogP contribution in [0.15, 0.2) is 24.3 Å². The van der Waals surface area contributed by atoms with Gasteiger partial charge >= 0.3 is 0 Å². The predicted molar refractivity (Wildman–Crippen MR) is 70.0 cm³/mol. The highest BCUT2D eigenvalue weighted by Gasteiger charge is 2.33. The molecule has 3 nitrogen and oxygen atoms in total. The monoisotopic (exact) mass is 286 g/mol. The minimum atomic E-state index is -3.07. The summed E-state index contributed by atoms with van der Waals surface area (Å²) in [5, 5.41) is 3.23. The van der Waals surface area contributed by atoms with Crippen molar-refractivity contribution in [2.75, 3.05) is 31.1 Å². The van der Waals surface area contributed by atoms with Crippen molar-refractivity contribution >= 4 is 5.69 Å². The summed E-state index contributed by atoms with van der Waals surface area (Å²) in [6, 6.07) is 8.21. The Labute approximate surface area is 115 Å². The summed E-state index contributed by atoms with van der Waals surface area (Å²) in [5.41, 5.74) is 2.33. The standard InChI is InChI=1S/C14H17F3N2O/c15-13(16)14(17)20-12-7-19(8-12)11-3-1-9(2-4-11)10-5-18-6-10/h1-4,10,12-14,18H,5-8H2. The second kappa shape index (κ2) is 5.61. The second-order valence-electron chi connectivity index (χ2n) is 5.30. The van der Waals surface area contributed by atoms with E-state index in [1.54, 1.807) is 0 Å². The van der Waals surface area contributed by atoms with Crippen molar-refractivity contribution < 1.29 is 17.9 Å². The second-order valence-corrected chi connectivity index (χ2v) is 5.30. The van der Waals surface area contributed by atoms with Crippen LogP contribution in [0.4, 0.5) is 18.9 Å². The lowest BCUT2D eigenvalue weighted by atomic mass is 9.93. The summed E-state index contributed by atoms with van der Waals surface area (Å²) < 4.78 is 41.4. The summed E-state index contributed by atoms with van der Waals surface area (Å²) in [5.74, 6) is 0.592. The van der Waals surface area contributed by atoms with Crippen molar-refractivity contribution in [3.8, 4) is 0 Å². The van der Waals surface area contributed by atoms with Gasteiger partial charge in [0.15, 0.2) is 0 Å². The van der Waals surface area contributed by atoms with Crippen molar-refractivity contribution in [3.63, 3.8) is 0 Å². The zero-order chi connectivity index (χ0) is 14.1. The van der Waals surface area contributed by atoms with Crippen molar-refractivity contribution in [1.82, 2.24) is 5.32 Å². The Balaban J connectivity index is 1.49. The lowest BCUT2D eigenvalue weighted by molar-refractivity contribution is -0.162. The number of hydrogen-bond donors (Lipinski definition) is 1. The van der Waals surface area contributed by atoms with Gasteiger partial charge in [-0.25, -0.2) is 13.2 Å². The maximum Gasteiger partial charge on any atom is 0.293 e. The van der Waals surface area contributed by atoms with Gasteiger partial charge in [-0.05, 0) is 17.7 Å². The molecule has 20 heavy (non-hydrogen) atoms. The first-order chi connectivity index (χ1) is 9.63. The van der Waals surface area contributed by atoms with E-state index in [1.807, 2.05) is 17.0 Å². The van der Waals surface area contributed by atoms with Crippen LogP contribution in [-0.4, -0.2) is 45.1 Å². The van der Waals surface area contributed by atoms with Crippen LogP contribution in [0.2, 0.25) is 0 Å². The summed E-state index contributed by atoms with van der Waals surface area (Å²) in [4.78, 5) is 1.99. The molecule has 6 heteroatoms. The molecule has 0 saturated carbocycles. The van der Waals surface area contributed by atoms with E-state index in [9.17, 15) is 13.2 Å². The molecular formula is C14H17F3N2O. The van der Waals surface area contributed by atoms with E-state index in [0.717, 1.165) is 18.8 Å². The fourth-order valence-corrected chi connectivity index (χ4v) is 2.46. The molecule has 1 atom stereocenters. The third-order valence-corrected chi connectivity index (χ3v) is 3.88. The Morgan fingerprint density at radius 3 is 2.25 bits per heavy atom. The largest absolute Gasteiger partial charge is 0.366 e. The van der Waals surface area contributed by atoms with E-state index in [0.29, 0.717) is 19.0 Å². The quantitative estimate of drug-likeness (QED) is 0.897. The Hall–Kier alpha value is -1.27. The molecule has 0 aromatic heterocycles. The lowest BCUT2D eigenvalue weighted by Gasteiger charge is -2.41. The number of benzene rings is 1. The van der Waals surface area contributed by atoms with Crippen molar-refractivity contribution in [1.29, 1.82) is 0 Å². The average molecular weight is 286 g/mol. The first kappa shape index (κ1) is 13.7. The first-order valence-corrected chi connectivity index (χ1v) is 6.77. The molecule has 1 aromatic carbocycles. The fourth-order valence-electron chi connectivity index (χ4n) is 2.46. The summed E-state index contributed by atoms with van der Waals surface area (Å²) in [7, 11) is 0. The number of hydrogen-bond acceptors (Lipinski definition) is 3. The van der Waals surface area contributed by atoms with E-state index in [4.69, 9.17) is 0 Å². The van der Waals surface area contributed by atoms with Gasteiger partial charge in [0.05, 0.1) is 6.10 Å². The molecule has 0 amide bonds. The number of nitrogens with one attached hydrogen (secondary N) is 1. The molecule has 0 radical (unpaired) electrons. The predicted octanol–water partition coefficient (Wildman–Crippen LogP) is 2.14. The van der Waals surface area contributed by atoms with Gasteiger partial charge in [0.1, 0.15) is 0 Å². The Morgan fingerprint density at radius 1 is 1.10 bits per heavy atom. The molecule has 3 rings (SSSR count). The van der Waals surface area contributed by atoms with Crippen LogP contribution < -0.4 is 10.2 Å². The zero-order valence-electron chi connectivity index (χ0n) is 10.9. The molecule has 2 aliphatic rings. The highest BCUT2D eigenvalue weighted by Crippen LogP contribution is 2.27. The number of anilines is 1. The van der Waals surface area contributed by atoms with Crippen molar-refractivity contribution in [2.45, 2.75) is 24.8 Å². The minimum Gasteiger partial charge on any atom is -0.366 e. The Morgan fingerprint density at radius 2 is 1.75 bits per heavy atom. The van der Waals surface area contributed by atoms with Gasteiger partial charge < -0.3 is 15.0 Å². The van der Waals surface area contributed by atoms with E-state index in [1.165, 1.54) is 5.56 Å². The van der Waals surface area contributed by atoms with Gasteiger partial charge in [-0.2, -0.15) is 0 Å². The van der Waals surface area contributed by atoms with E-state index >= 15 is 0 Å². The zero-order valence-corrected chi connectivity index (χ0v) is 10.9. The molecule has 0 bridgehead atoms. The molecular weight excluding hydrogens is 269 g/mol. The number of halogens is 3. The van der Waals surface area contributed by atoms with Gasteiger partial charge in [0.2, 0.25) is 0 Å². The third-order valence-electron chi connectivity index (χ3n) is 3.88. The van der Waals surface area contributed by atoms with Gasteiger partial charge in [-0.3, -0.25) is 0 Å². The number of ether oxygens (including phenoxy) is 1. The molecule has 2 heterocycles. The number of alkyl halides is 3. The van der Waals surface area contributed by atoms with Gasteiger partial charge in [-0.15, -0.1) is 0 Å². The van der Waals surface area contributed by atoms with Gasteiger partial charge in [0.25, 0.3) is 12.8 Å².